The van der Waals surface area contributed by atoms with Crippen LogP contribution in [0.2, 0.25) is 0 Å². The predicted molar refractivity (Wildman–Crippen MR) is 130 cm³/mol. The van der Waals surface area contributed by atoms with Crippen LogP contribution in [0.4, 0.5) is 0 Å². The molecular weight excluding hydrogens is 462 g/mol. The number of nitrogens with zero attached hydrogens (tertiary/aromatic N) is 3. The molecule has 2 aromatic carbocycles. The van der Waals surface area contributed by atoms with Crippen molar-refractivity contribution in [1.29, 1.82) is 0 Å². The smallest absolute Gasteiger partial charge is 0.310 e. The minimum absolute atomic E-state index is 0.0408. The summed E-state index contributed by atoms with van der Waals surface area (Å²) in [6, 6.07) is 13.4. The molecule has 9 nitrogen and oxygen atoms in total. The van der Waals surface area contributed by atoms with Crippen molar-refractivity contribution >= 4 is 29.6 Å². The van der Waals surface area contributed by atoms with Gasteiger partial charge >= 0.3 is 5.97 Å². The zero-order valence-corrected chi connectivity index (χ0v) is 20.4. The lowest BCUT2D eigenvalue weighted by atomic mass is 9.98. The zero-order chi connectivity index (χ0) is 25.8. The Bertz CT molecular complexity index is 1170. The maximum absolute atomic E-state index is 13.1. The van der Waals surface area contributed by atoms with Gasteiger partial charge < -0.3 is 14.5 Å². The molecular formula is C27H29N3O6. The summed E-state index contributed by atoms with van der Waals surface area (Å²) in [7, 11) is 1.55. The number of piperidine rings is 1. The van der Waals surface area contributed by atoms with Crippen LogP contribution >= 0.6 is 0 Å². The Balaban J connectivity index is 1.38. The number of carbonyl (C=O) groups excluding carboxylic acids is 5. The van der Waals surface area contributed by atoms with Gasteiger partial charge in [-0.2, -0.15) is 0 Å². The van der Waals surface area contributed by atoms with Crippen molar-refractivity contribution in [3.63, 3.8) is 0 Å². The molecule has 1 saturated heterocycles. The van der Waals surface area contributed by atoms with E-state index in [9.17, 15) is 24.0 Å². The molecule has 2 aliphatic heterocycles. The molecule has 0 aromatic heterocycles. The topological polar surface area (TPSA) is 104 Å². The van der Waals surface area contributed by atoms with E-state index in [2.05, 4.69) is 0 Å². The number of imide groups is 1. The second kappa shape index (κ2) is 10.7. The van der Waals surface area contributed by atoms with Crippen LogP contribution in [-0.4, -0.2) is 77.6 Å². The molecule has 9 heteroatoms. The number of amides is 4. The molecule has 4 amide bonds. The molecule has 0 saturated carbocycles. The number of hydrogen-bond donors (Lipinski definition) is 0. The third-order valence-corrected chi connectivity index (χ3v) is 6.51. The first kappa shape index (κ1) is 25.1. The second-order valence-electron chi connectivity index (χ2n) is 9.03. The Hall–Kier alpha value is -4.01. The highest BCUT2D eigenvalue weighted by molar-refractivity contribution is 6.21. The summed E-state index contributed by atoms with van der Waals surface area (Å²) < 4.78 is 5.09. The minimum atomic E-state index is -0.363. The third kappa shape index (κ3) is 5.15. The quantitative estimate of drug-likeness (QED) is 0.435. The van der Waals surface area contributed by atoms with Gasteiger partial charge in [-0.1, -0.05) is 24.3 Å². The first-order valence-electron chi connectivity index (χ1n) is 12.0. The van der Waals surface area contributed by atoms with E-state index in [0.717, 1.165) is 4.90 Å². The van der Waals surface area contributed by atoms with Crippen molar-refractivity contribution in [2.75, 3.05) is 33.3 Å². The molecule has 36 heavy (non-hydrogen) atoms. The van der Waals surface area contributed by atoms with Crippen molar-refractivity contribution in [3.05, 3.63) is 70.8 Å². The molecule has 0 aliphatic carbocycles. The number of ether oxygens (including phenoxy) is 1. The van der Waals surface area contributed by atoms with Gasteiger partial charge in [-0.25, -0.2) is 0 Å². The summed E-state index contributed by atoms with van der Waals surface area (Å²) in [6.07, 6.45) is 1.38. The molecule has 188 valence electrons. The van der Waals surface area contributed by atoms with E-state index in [1.165, 1.54) is 4.90 Å². The first-order valence-corrected chi connectivity index (χ1v) is 12.0. The summed E-state index contributed by atoms with van der Waals surface area (Å²) >= 11 is 0. The highest BCUT2D eigenvalue weighted by Crippen LogP contribution is 2.24. The Morgan fingerprint density at radius 3 is 2.39 bits per heavy atom. The Morgan fingerprint density at radius 2 is 1.72 bits per heavy atom. The zero-order valence-electron chi connectivity index (χ0n) is 20.4. The number of esters is 1. The minimum Gasteiger partial charge on any atom is -0.466 e. The van der Waals surface area contributed by atoms with Crippen molar-refractivity contribution in [2.45, 2.75) is 26.3 Å². The van der Waals surface area contributed by atoms with Gasteiger partial charge in [-0.3, -0.25) is 28.9 Å². The predicted octanol–water partition coefficient (Wildman–Crippen LogP) is 2.36. The number of likely N-dealkylation sites (N-methyl/N-ethyl adjacent to an activating group) is 1. The van der Waals surface area contributed by atoms with Crippen LogP contribution in [0, 0.1) is 5.92 Å². The summed E-state index contributed by atoms with van der Waals surface area (Å²) in [5.74, 6) is -1.96. The van der Waals surface area contributed by atoms with Crippen molar-refractivity contribution in [3.8, 4) is 0 Å². The number of benzene rings is 2. The third-order valence-electron chi connectivity index (χ3n) is 6.51. The van der Waals surface area contributed by atoms with Gasteiger partial charge in [-0.15, -0.1) is 0 Å². The fourth-order valence-electron chi connectivity index (χ4n) is 4.62. The lowest BCUT2D eigenvalue weighted by Gasteiger charge is -2.32. The first-order chi connectivity index (χ1) is 17.3. The van der Waals surface area contributed by atoms with Crippen molar-refractivity contribution < 1.29 is 28.7 Å². The average Bonchev–Trinajstić information content (AvgIpc) is 3.13. The van der Waals surface area contributed by atoms with Crippen LogP contribution in [0.15, 0.2) is 48.5 Å². The van der Waals surface area contributed by atoms with Gasteiger partial charge in [0.2, 0.25) is 5.91 Å². The molecule has 0 radical (unpaired) electrons. The highest BCUT2D eigenvalue weighted by Gasteiger charge is 2.35. The van der Waals surface area contributed by atoms with Crippen LogP contribution in [0.3, 0.4) is 0 Å². The molecule has 4 rings (SSSR count). The maximum atomic E-state index is 13.1. The van der Waals surface area contributed by atoms with Crippen LogP contribution in [0.25, 0.3) is 0 Å². The van der Waals surface area contributed by atoms with Crippen molar-refractivity contribution in [2.24, 2.45) is 5.92 Å². The van der Waals surface area contributed by atoms with E-state index >= 15 is 0 Å². The van der Waals surface area contributed by atoms with Crippen LogP contribution < -0.4 is 0 Å². The monoisotopic (exact) mass is 491 g/mol. The molecule has 1 unspecified atom stereocenters. The van der Waals surface area contributed by atoms with Gasteiger partial charge in [-0.05, 0) is 49.6 Å². The molecule has 1 fully saturated rings. The number of carbonyl (C=O) groups is 5. The summed E-state index contributed by atoms with van der Waals surface area (Å²) in [4.78, 5) is 67.4. The number of hydrogen-bond acceptors (Lipinski definition) is 6. The van der Waals surface area contributed by atoms with Crippen LogP contribution in [0.5, 0.6) is 0 Å². The van der Waals surface area contributed by atoms with Crippen LogP contribution in [0.1, 0.15) is 56.4 Å². The van der Waals surface area contributed by atoms with E-state index in [-0.39, 0.29) is 55.2 Å². The normalized spacial score (nSPS) is 17.1. The number of likely N-dealkylation sites (tertiary alicyclic amines) is 1. The highest BCUT2D eigenvalue weighted by atomic mass is 16.5. The lowest BCUT2D eigenvalue weighted by Crippen LogP contribution is -2.47. The van der Waals surface area contributed by atoms with Crippen LogP contribution in [-0.2, 0) is 20.9 Å². The van der Waals surface area contributed by atoms with Gasteiger partial charge in [0.15, 0.2) is 0 Å². The van der Waals surface area contributed by atoms with E-state index in [0.29, 0.717) is 48.2 Å². The number of fused-ring (bicyclic) bond motifs is 1. The molecule has 2 aromatic rings. The summed E-state index contributed by atoms with van der Waals surface area (Å²) in [5.41, 5.74) is 1.72. The SMILES string of the molecule is CCOC(=O)C1CCCN(C(=O)CN(C)C(=O)c2cccc(CN3C(=O)c4ccccc4C3=O)c2)C1. The van der Waals surface area contributed by atoms with E-state index in [1.54, 1.807) is 67.4 Å². The fraction of sp³-hybridized carbons (Fsp3) is 0.370. The van der Waals surface area contributed by atoms with E-state index in [1.807, 2.05) is 0 Å². The van der Waals surface area contributed by atoms with Gasteiger partial charge in [0, 0.05) is 25.7 Å². The van der Waals surface area contributed by atoms with Gasteiger partial charge in [0.1, 0.15) is 0 Å². The Kier molecular flexibility index (Phi) is 7.47. The van der Waals surface area contributed by atoms with Gasteiger partial charge in [0.05, 0.1) is 36.7 Å². The Morgan fingerprint density at radius 1 is 1.03 bits per heavy atom. The molecule has 0 spiro atoms. The lowest BCUT2D eigenvalue weighted by molar-refractivity contribution is -0.151. The second-order valence-corrected chi connectivity index (χ2v) is 9.03. The van der Waals surface area contributed by atoms with Crippen molar-refractivity contribution in [1.82, 2.24) is 14.7 Å². The fourth-order valence-corrected chi connectivity index (χ4v) is 4.62. The average molecular weight is 492 g/mol. The van der Waals surface area contributed by atoms with E-state index in [4.69, 9.17) is 4.74 Å². The molecule has 0 bridgehead atoms. The van der Waals surface area contributed by atoms with E-state index < -0.39 is 0 Å². The molecule has 2 heterocycles. The largest absolute Gasteiger partial charge is 0.466 e. The molecule has 1 atom stereocenters. The summed E-state index contributed by atoms with van der Waals surface area (Å²) in [5, 5.41) is 0. The summed E-state index contributed by atoms with van der Waals surface area (Å²) in [6.45, 7) is 2.78. The maximum Gasteiger partial charge on any atom is 0.310 e. The molecule has 0 N–H and O–H groups in total. The number of rotatable bonds is 7. The Labute approximate surface area is 209 Å². The molecule has 2 aliphatic rings. The standard InChI is InChI=1S/C27H29N3O6/c1-3-36-27(35)20-10-7-13-29(16-20)23(31)17-28(2)24(32)19-9-6-8-18(14-19)15-30-25(33)21-11-4-5-12-22(21)26(30)34/h4-6,8-9,11-12,14,20H,3,7,10,13,15-17H2,1-2H3. The van der Waals surface area contributed by atoms with Gasteiger partial charge in [0.25, 0.3) is 17.7 Å².